The Labute approximate surface area is 69.6 Å². The van der Waals surface area contributed by atoms with Gasteiger partial charge in [0.2, 0.25) is 0 Å². The third-order valence-corrected chi connectivity index (χ3v) is 0.583. The van der Waals surface area contributed by atoms with Gasteiger partial charge >= 0.3 is 0 Å². The van der Waals surface area contributed by atoms with Gasteiger partial charge in [0, 0.05) is 42.0 Å². The Kier molecular flexibility index (Phi) is 3.77. The van der Waals surface area contributed by atoms with Gasteiger partial charge in [0.1, 0.15) is 5.82 Å². The Bertz CT molecular complexity index is 141. The van der Waals surface area contributed by atoms with Crippen molar-refractivity contribution < 1.29 is 0 Å². The monoisotopic (exact) mass is 118 g/mol. The first kappa shape index (κ1) is 7.88. The van der Waals surface area contributed by atoms with Gasteiger partial charge in [-0.25, -0.2) is 4.98 Å². The summed E-state index contributed by atoms with van der Waals surface area (Å²) in [7, 11) is 0. The summed E-state index contributed by atoms with van der Waals surface area (Å²) in [6.07, 6.45) is 4.63. The van der Waals surface area contributed by atoms with Crippen molar-refractivity contribution in [3.8, 4) is 0 Å². The van der Waals surface area contributed by atoms with Crippen LogP contribution in [0, 0.1) is 0 Å². The largest absolute Gasteiger partial charge is 0.382 e. The van der Waals surface area contributed by atoms with Crippen molar-refractivity contribution in [2.45, 2.75) is 0 Å². The molecule has 0 aromatic carbocycles. The molecule has 0 amide bonds. The Morgan fingerprint density at radius 2 is 2.12 bits per heavy atom. The Hall–Kier alpha value is -0.120. The molecule has 0 fully saturated rings. The molecule has 4 heteroatoms. The third kappa shape index (κ3) is 2.26. The van der Waals surface area contributed by atoms with Gasteiger partial charge in [-0.1, -0.05) is 0 Å². The molecule has 0 saturated carbocycles. The molecule has 0 aliphatic heterocycles. The SMILES string of the molecule is Nc1cnccn1.[Na]. The van der Waals surface area contributed by atoms with Crippen LogP contribution in [0.15, 0.2) is 18.6 Å². The maximum Gasteiger partial charge on any atom is 0.141 e. The van der Waals surface area contributed by atoms with E-state index in [1.807, 2.05) is 0 Å². The number of hydrogen-bond acceptors (Lipinski definition) is 3. The first-order chi connectivity index (χ1) is 3.39. The number of aromatic nitrogens is 2. The molecule has 0 unspecified atom stereocenters. The van der Waals surface area contributed by atoms with Crippen molar-refractivity contribution in [2.75, 3.05) is 5.73 Å². The van der Waals surface area contributed by atoms with Crippen LogP contribution < -0.4 is 5.73 Å². The Morgan fingerprint density at radius 3 is 2.38 bits per heavy atom. The molecule has 8 heavy (non-hydrogen) atoms. The molecular weight excluding hydrogens is 113 g/mol. The van der Waals surface area contributed by atoms with Gasteiger partial charge in [0.05, 0.1) is 6.20 Å². The minimum absolute atomic E-state index is 0. The number of nitrogen functional groups attached to an aromatic ring is 1. The zero-order chi connectivity index (χ0) is 5.11. The van der Waals surface area contributed by atoms with Crippen molar-refractivity contribution in [1.29, 1.82) is 0 Å². The summed E-state index contributed by atoms with van der Waals surface area (Å²) in [6.45, 7) is 0. The van der Waals surface area contributed by atoms with E-state index in [1.165, 1.54) is 6.20 Å². The molecule has 0 saturated heterocycles. The molecule has 0 atom stereocenters. The van der Waals surface area contributed by atoms with E-state index in [-0.39, 0.29) is 29.6 Å². The predicted octanol–water partition coefficient (Wildman–Crippen LogP) is -0.322. The summed E-state index contributed by atoms with van der Waals surface area (Å²) < 4.78 is 0. The third-order valence-electron chi connectivity index (χ3n) is 0.583. The van der Waals surface area contributed by atoms with E-state index >= 15 is 0 Å². The average molecular weight is 118 g/mol. The molecule has 3 nitrogen and oxygen atoms in total. The van der Waals surface area contributed by atoms with Crippen LogP contribution in [0.1, 0.15) is 0 Å². The molecule has 2 N–H and O–H groups in total. The van der Waals surface area contributed by atoms with Crippen LogP contribution in [-0.4, -0.2) is 39.5 Å². The van der Waals surface area contributed by atoms with E-state index in [2.05, 4.69) is 9.97 Å². The second kappa shape index (κ2) is 3.83. The molecule has 37 valence electrons. The maximum atomic E-state index is 5.18. The number of hydrogen-bond donors (Lipinski definition) is 1. The molecule has 1 rings (SSSR count). The van der Waals surface area contributed by atoms with Crippen LogP contribution in [0.5, 0.6) is 0 Å². The van der Waals surface area contributed by atoms with Gasteiger partial charge in [-0.2, -0.15) is 0 Å². The molecule has 0 aliphatic rings. The quantitative estimate of drug-likeness (QED) is 0.475. The normalized spacial score (nSPS) is 7.50. The van der Waals surface area contributed by atoms with Crippen molar-refractivity contribution in [3.63, 3.8) is 0 Å². The van der Waals surface area contributed by atoms with Gasteiger partial charge in [-0.05, 0) is 0 Å². The van der Waals surface area contributed by atoms with Crippen molar-refractivity contribution in [3.05, 3.63) is 18.6 Å². The summed E-state index contributed by atoms with van der Waals surface area (Å²) in [5.41, 5.74) is 5.18. The van der Waals surface area contributed by atoms with Gasteiger partial charge in [0.15, 0.2) is 0 Å². The van der Waals surface area contributed by atoms with E-state index in [4.69, 9.17) is 5.73 Å². The second-order valence-corrected chi connectivity index (χ2v) is 1.13. The molecule has 0 aliphatic carbocycles. The first-order valence-corrected chi connectivity index (χ1v) is 1.91. The van der Waals surface area contributed by atoms with E-state index in [0.717, 1.165) is 0 Å². The van der Waals surface area contributed by atoms with E-state index < -0.39 is 0 Å². The van der Waals surface area contributed by atoms with Crippen molar-refractivity contribution in [2.24, 2.45) is 0 Å². The van der Waals surface area contributed by atoms with Gasteiger partial charge in [-0.15, -0.1) is 0 Å². The minimum atomic E-state index is 0. The maximum absolute atomic E-state index is 5.18. The van der Waals surface area contributed by atoms with E-state index in [0.29, 0.717) is 5.82 Å². The number of nitrogens with zero attached hydrogens (tertiary/aromatic N) is 2. The zero-order valence-electron chi connectivity index (χ0n) is 4.70. The van der Waals surface area contributed by atoms with Gasteiger partial charge in [-0.3, -0.25) is 4.98 Å². The summed E-state index contributed by atoms with van der Waals surface area (Å²) in [5, 5.41) is 0. The Morgan fingerprint density at radius 1 is 1.38 bits per heavy atom. The summed E-state index contributed by atoms with van der Waals surface area (Å²) in [6, 6.07) is 0. The first-order valence-electron chi connectivity index (χ1n) is 1.91. The van der Waals surface area contributed by atoms with Crippen LogP contribution >= 0.6 is 0 Å². The summed E-state index contributed by atoms with van der Waals surface area (Å²) >= 11 is 0. The number of nitrogens with two attached hydrogens (primary N) is 1. The van der Waals surface area contributed by atoms with Gasteiger partial charge < -0.3 is 5.73 Å². The molecular formula is C4H5N3Na. The number of anilines is 1. The van der Waals surface area contributed by atoms with E-state index in [9.17, 15) is 0 Å². The van der Waals surface area contributed by atoms with Crippen molar-refractivity contribution >= 4 is 35.4 Å². The van der Waals surface area contributed by atoms with Crippen LogP contribution in [0.25, 0.3) is 0 Å². The van der Waals surface area contributed by atoms with Crippen LogP contribution in [0.3, 0.4) is 0 Å². The van der Waals surface area contributed by atoms with Crippen molar-refractivity contribution in [1.82, 2.24) is 9.97 Å². The predicted molar refractivity (Wildman–Crippen MR) is 32.2 cm³/mol. The molecule has 1 aromatic heterocycles. The fraction of sp³-hybridized carbons (Fsp3) is 0. The topological polar surface area (TPSA) is 51.8 Å². The molecule has 1 radical (unpaired) electrons. The summed E-state index contributed by atoms with van der Waals surface area (Å²) in [5.74, 6) is 0.461. The molecule has 0 bridgehead atoms. The number of rotatable bonds is 0. The standard InChI is InChI=1S/C4H5N3.Na/c5-4-3-6-1-2-7-4;/h1-3H,(H2,5,7);. The average Bonchev–Trinajstić information content (AvgIpc) is 1.69. The molecule has 1 heterocycles. The fourth-order valence-corrected chi connectivity index (χ4v) is 0.311. The zero-order valence-corrected chi connectivity index (χ0v) is 6.70. The van der Waals surface area contributed by atoms with Crippen LogP contribution in [0.4, 0.5) is 5.82 Å². The van der Waals surface area contributed by atoms with E-state index in [1.54, 1.807) is 12.4 Å². The second-order valence-electron chi connectivity index (χ2n) is 1.13. The van der Waals surface area contributed by atoms with Crippen LogP contribution in [-0.2, 0) is 0 Å². The molecule has 1 aromatic rings. The smallest absolute Gasteiger partial charge is 0.141 e. The Balaban J connectivity index is 0.000000490. The van der Waals surface area contributed by atoms with Crippen LogP contribution in [0.2, 0.25) is 0 Å². The fourth-order valence-electron chi connectivity index (χ4n) is 0.311. The summed E-state index contributed by atoms with van der Waals surface area (Å²) in [4.78, 5) is 7.39. The molecule has 0 spiro atoms. The van der Waals surface area contributed by atoms with Gasteiger partial charge in [0.25, 0.3) is 0 Å². The minimum Gasteiger partial charge on any atom is -0.382 e.